The monoisotopic (exact) mass is 154 g/mol. The van der Waals surface area contributed by atoms with Crippen molar-refractivity contribution in [1.29, 1.82) is 0 Å². The van der Waals surface area contributed by atoms with Gasteiger partial charge in [0.15, 0.2) is 5.97 Å². The number of hydrogen-bond donors (Lipinski definition) is 0. The van der Waals surface area contributed by atoms with E-state index < -0.39 is 5.97 Å². The summed E-state index contributed by atoms with van der Waals surface area (Å²) in [4.78, 5) is 10.5. The summed E-state index contributed by atoms with van der Waals surface area (Å²) in [5, 5.41) is 10.5. The number of carbonyl (C=O) groups is 1. The Bertz CT molecular complexity index is 278. The molecule has 4 heteroatoms. The van der Waals surface area contributed by atoms with Crippen LogP contribution >= 0.6 is 0 Å². The molecule has 60 valence electrons. The average Bonchev–Trinajstić information content (AvgIpc) is 2.30. The molecule has 4 nitrogen and oxygen atoms in total. The summed E-state index contributed by atoms with van der Waals surface area (Å²) in [6.45, 7) is 2.52. The standard InChI is InChI=1S/C7H10N2O2/c1-3-9-5-4-8(2)6(9)7(10)11/h4-5H,3H2,1-2H3. The van der Waals surface area contributed by atoms with Crippen molar-refractivity contribution in [3.8, 4) is 0 Å². The number of nitrogens with zero attached hydrogens (tertiary/aromatic N) is 2. The van der Waals surface area contributed by atoms with Gasteiger partial charge < -0.3 is 9.90 Å². The van der Waals surface area contributed by atoms with E-state index in [9.17, 15) is 9.90 Å². The predicted octanol–water partition coefficient (Wildman–Crippen LogP) is -1.30. The molecular weight excluding hydrogens is 144 g/mol. The van der Waals surface area contributed by atoms with Gasteiger partial charge in [0.05, 0.1) is 13.6 Å². The second-order valence-corrected chi connectivity index (χ2v) is 2.31. The first-order chi connectivity index (χ1) is 5.16. The molecule has 0 unspecified atom stereocenters. The Hall–Kier alpha value is -1.32. The lowest BCUT2D eigenvalue weighted by Crippen LogP contribution is -2.41. The van der Waals surface area contributed by atoms with Crippen LogP contribution in [0.3, 0.4) is 0 Å². The molecule has 1 aromatic heterocycles. The SMILES string of the molecule is CCn1cc[n+](C)c1C(=O)[O-]. The summed E-state index contributed by atoms with van der Waals surface area (Å²) < 4.78 is 3.15. The Morgan fingerprint density at radius 3 is 2.82 bits per heavy atom. The molecule has 0 spiro atoms. The largest absolute Gasteiger partial charge is 0.538 e. The van der Waals surface area contributed by atoms with E-state index in [1.54, 1.807) is 24.0 Å². The number of carbonyl (C=O) groups excluding carboxylic acids is 1. The smallest absolute Gasteiger partial charge is 0.304 e. The molecule has 0 atom stereocenters. The van der Waals surface area contributed by atoms with Crippen LogP contribution in [0.15, 0.2) is 12.4 Å². The number of aromatic carboxylic acids is 1. The molecule has 0 radical (unpaired) electrons. The van der Waals surface area contributed by atoms with Gasteiger partial charge in [-0.2, -0.15) is 0 Å². The molecule has 1 heterocycles. The van der Waals surface area contributed by atoms with Gasteiger partial charge in [-0.3, -0.25) is 0 Å². The minimum absolute atomic E-state index is 0.201. The van der Waals surface area contributed by atoms with Crippen molar-refractivity contribution in [3.63, 3.8) is 0 Å². The van der Waals surface area contributed by atoms with Crippen molar-refractivity contribution in [2.45, 2.75) is 13.5 Å². The zero-order valence-electron chi connectivity index (χ0n) is 6.57. The molecule has 1 aromatic rings. The van der Waals surface area contributed by atoms with Crippen LogP contribution in [-0.2, 0) is 13.6 Å². The summed E-state index contributed by atoms with van der Waals surface area (Å²) in [6.07, 6.45) is 3.40. The van der Waals surface area contributed by atoms with Gasteiger partial charge in [-0.25, -0.2) is 9.13 Å². The van der Waals surface area contributed by atoms with Crippen molar-refractivity contribution < 1.29 is 14.5 Å². The molecule has 11 heavy (non-hydrogen) atoms. The fourth-order valence-electron chi connectivity index (χ4n) is 1.04. The summed E-state index contributed by atoms with van der Waals surface area (Å²) >= 11 is 0. The van der Waals surface area contributed by atoms with Crippen LogP contribution < -0.4 is 9.67 Å². The fraction of sp³-hybridized carbons (Fsp3) is 0.429. The van der Waals surface area contributed by atoms with Gasteiger partial charge in [0.25, 0.3) is 0 Å². The van der Waals surface area contributed by atoms with Crippen LogP contribution in [0.1, 0.15) is 17.5 Å². The second-order valence-electron chi connectivity index (χ2n) is 2.31. The average molecular weight is 154 g/mol. The van der Waals surface area contributed by atoms with Crippen molar-refractivity contribution in [1.82, 2.24) is 4.57 Å². The first-order valence-corrected chi connectivity index (χ1v) is 3.43. The molecule has 0 saturated carbocycles. The maximum atomic E-state index is 10.5. The lowest BCUT2D eigenvalue weighted by molar-refractivity contribution is -0.675. The number of carboxylic acid groups (broad SMARTS) is 1. The molecule has 0 aliphatic carbocycles. The molecule has 0 fully saturated rings. The highest BCUT2D eigenvalue weighted by Gasteiger charge is 2.12. The summed E-state index contributed by atoms with van der Waals surface area (Å²) in [6, 6.07) is 0. The van der Waals surface area contributed by atoms with E-state index >= 15 is 0 Å². The molecule has 0 aromatic carbocycles. The van der Waals surface area contributed by atoms with Crippen LogP contribution in [-0.4, -0.2) is 10.5 Å². The van der Waals surface area contributed by atoms with Gasteiger partial charge in [0.2, 0.25) is 0 Å². The molecule has 0 aliphatic rings. The molecule has 0 saturated heterocycles. The Balaban J connectivity index is 3.17. The van der Waals surface area contributed by atoms with Crippen LogP contribution in [0, 0.1) is 0 Å². The normalized spacial score (nSPS) is 10.0. The number of carboxylic acids is 1. The zero-order chi connectivity index (χ0) is 8.43. The fourth-order valence-corrected chi connectivity index (χ4v) is 1.04. The van der Waals surface area contributed by atoms with Crippen molar-refractivity contribution in [2.75, 3.05) is 0 Å². The summed E-state index contributed by atoms with van der Waals surface area (Å²) in [7, 11) is 1.68. The summed E-state index contributed by atoms with van der Waals surface area (Å²) in [5.41, 5.74) is 0. The molecule has 0 aliphatic heterocycles. The zero-order valence-corrected chi connectivity index (χ0v) is 6.57. The molecular formula is C7H10N2O2. The maximum absolute atomic E-state index is 10.5. The topological polar surface area (TPSA) is 48.9 Å². The Labute approximate surface area is 64.7 Å². The highest BCUT2D eigenvalue weighted by molar-refractivity contribution is 5.79. The van der Waals surface area contributed by atoms with E-state index in [-0.39, 0.29) is 5.82 Å². The van der Waals surface area contributed by atoms with Gasteiger partial charge in [-0.15, -0.1) is 0 Å². The number of aromatic nitrogens is 2. The van der Waals surface area contributed by atoms with E-state index in [2.05, 4.69) is 0 Å². The quantitative estimate of drug-likeness (QED) is 0.497. The van der Waals surface area contributed by atoms with E-state index in [0.29, 0.717) is 6.54 Å². The third-order valence-electron chi connectivity index (χ3n) is 1.60. The molecule has 0 amide bonds. The first kappa shape index (κ1) is 7.78. The van der Waals surface area contributed by atoms with Crippen LogP contribution in [0.4, 0.5) is 0 Å². The van der Waals surface area contributed by atoms with Gasteiger partial charge in [-0.1, -0.05) is 0 Å². The minimum atomic E-state index is -1.14. The lowest BCUT2D eigenvalue weighted by atomic mass is 10.5. The number of hydrogen-bond acceptors (Lipinski definition) is 2. The minimum Gasteiger partial charge on any atom is -0.538 e. The Morgan fingerprint density at radius 1 is 1.82 bits per heavy atom. The Kier molecular flexibility index (Phi) is 1.94. The highest BCUT2D eigenvalue weighted by atomic mass is 16.4. The lowest BCUT2D eigenvalue weighted by Gasteiger charge is -1.99. The van der Waals surface area contributed by atoms with Gasteiger partial charge in [0, 0.05) is 0 Å². The second kappa shape index (κ2) is 2.74. The van der Waals surface area contributed by atoms with Crippen molar-refractivity contribution in [3.05, 3.63) is 18.2 Å². The van der Waals surface area contributed by atoms with E-state index in [1.165, 1.54) is 4.57 Å². The van der Waals surface area contributed by atoms with E-state index in [0.717, 1.165) is 0 Å². The van der Waals surface area contributed by atoms with Gasteiger partial charge in [0.1, 0.15) is 12.4 Å². The van der Waals surface area contributed by atoms with Crippen molar-refractivity contribution in [2.24, 2.45) is 7.05 Å². The number of imidazole rings is 1. The van der Waals surface area contributed by atoms with Crippen LogP contribution in [0.5, 0.6) is 0 Å². The van der Waals surface area contributed by atoms with E-state index in [4.69, 9.17) is 0 Å². The number of rotatable bonds is 2. The number of aryl methyl sites for hydroxylation is 2. The molecule has 0 bridgehead atoms. The first-order valence-electron chi connectivity index (χ1n) is 3.43. The summed E-state index contributed by atoms with van der Waals surface area (Å²) in [5.74, 6) is -0.938. The Morgan fingerprint density at radius 2 is 2.45 bits per heavy atom. The van der Waals surface area contributed by atoms with Crippen molar-refractivity contribution >= 4 is 5.97 Å². The van der Waals surface area contributed by atoms with Gasteiger partial charge in [-0.05, 0) is 6.92 Å². The van der Waals surface area contributed by atoms with Crippen LogP contribution in [0.2, 0.25) is 0 Å². The van der Waals surface area contributed by atoms with E-state index in [1.807, 2.05) is 6.92 Å². The third-order valence-corrected chi connectivity index (χ3v) is 1.60. The third kappa shape index (κ3) is 1.24. The van der Waals surface area contributed by atoms with Gasteiger partial charge >= 0.3 is 5.82 Å². The predicted molar refractivity (Wildman–Crippen MR) is 35.6 cm³/mol. The highest BCUT2D eigenvalue weighted by Crippen LogP contribution is 1.91. The van der Waals surface area contributed by atoms with Crippen LogP contribution in [0.25, 0.3) is 0 Å². The maximum Gasteiger partial charge on any atom is 0.304 e. The molecule has 0 N–H and O–H groups in total. The molecule has 1 rings (SSSR count).